The van der Waals surface area contributed by atoms with Crippen LogP contribution in [0.25, 0.3) is 0 Å². The molecule has 1 N–H and O–H groups in total. The first-order chi connectivity index (χ1) is 14.7. The number of aromatic nitrogens is 3. The molecule has 1 aliphatic heterocycles. The smallest absolute Gasteiger partial charge is 0.322 e. The molecule has 156 valence electrons. The molecule has 0 fully saturated rings. The molecule has 2 amide bonds. The van der Waals surface area contributed by atoms with Crippen LogP contribution in [0.1, 0.15) is 36.4 Å². The minimum absolute atomic E-state index is 0.0882. The van der Waals surface area contributed by atoms with Crippen molar-refractivity contribution in [1.29, 1.82) is 0 Å². The molecule has 0 spiro atoms. The Kier molecular flexibility index (Phi) is 5.97. The molecule has 0 bridgehead atoms. The van der Waals surface area contributed by atoms with Crippen molar-refractivity contribution >= 4 is 11.7 Å². The van der Waals surface area contributed by atoms with Crippen molar-refractivity contribution in [3.05, 3.63) is 71.2 Å². The van der Waals surface area contributed by atoms with Gasteiger partial charge in [0.1, 0.15) is 12.3 Å². The highest BCUT2D eigenvalue weighted by Gasteiger charge is 2.27. The lowest BCUT2D eigenvalue weighted by atomic mass is 10.1. The van der Waals surface area contributed by atoms with Crippen molar-refractivity contribution < 1.29 is 9.53 Å². The van der Waals surface area contributed by atoms with E-state index in [1.165, 1.54) is 11.3 Å². The number of benzene rings is 1. The Bertz CT molecular complexity index is 1020. The molecule has 0 saturated heterocycles. The van der Waals surface area contributed by atoms with Crippen LogP contribution < -0.4 is 10.1 Å². The Labute approximate surface area is 176 Å². The second-order valence-electron chi connectivity index (χ2n) is 7.30. The predicted molar refractivity (Wildman–Crippen MR) is 115 cm³/mol. The van der Waals surface area contributed by atoms with Gasteiger partial charge in [0.25, 0.3) is 0 Å². The highest BCUT2D eigenvalue weighted by Crippen LogP contribution is 2.25. The lowest BCUT2D eigenvalue weighted by Crippen LogP contribution is -2.39. The van der Waals surface area contributed by atoms with Crippen molar-refractivity contribution in [3.63, 3.8) is 0 Å². The van der Waals surface area contributed by atoms with Crippen molar-refractivity contribution in [3.8, 4) is 5.88 Å². The first-order valence-corrected chi connectivity index (χ1v) is 10.4. The number of rotatable bonds is 6. The summed E-state index contributed by atoms with van der Waals surface area (Å²) in [4.78, 5) is 18.9. The summed E-state index contributed by atoms with van der Waals surface area (Å²) in [7, 11) is 0. The van der Waals surface area contributed by atoms with Crippen LogP contribution in [0.4, 0.5) is 10.5 Å². The minimum atomic E-state index is -0.0882. The molecule has 0 radical (unpaired) electrons. The van der Waals surface area contributed by atoms with Crippen LogP contribution in [0.5, 0.6) is 5.88 Å². The van der Waals surface area contributed by atoms with E-state index in [0.717, 1.165) is 36.3 Å². The van der Waals surface area contributed by atoms with E-state index < -0.39 is 0 Å². The van der Waals surface area contributed by atoms with Gasteiger partial charge in [-0.1, -0.05) is 25.1 Å². The lowest BCUT2D eigenvalue weighted by molar-refractivity contribution is 0.205. The maximum absolute atomic E-state index is 12.9. The number of urea groups is 1. The summed E-state index contributed by atoms with van der Waals surface area (Å²) >= 11 is 0. The Hall–Kier alpha value is -3.35. The molecule has 0 atom stereocenters. The standard InChI is InChI=1S/C23H27N5O2/c1-3-17-8-7-9-18(14-17)25-23(29)27-13-11-21-19(15-27)20(26-28(21)4-2)16-30-22-10-5-6-12-24-22/h5-10,12,14H,3-4,11,13,15-16H2,1-2H3,(H,25,29). The zero-order valence-corrected chi connectivity index (χ0v) is 17.5. The molecule has 1 aliphatic rings. The molecule has 2 aromatic heterocycles. The fourth-order valence-corrected chi connectivity index (χ4v) is 3.76. The number of carbonyl (C=O) groups is 1. The number of pyridine rings is 1. The quantitative estimate of drug-likeness (QED) is 0.672. The summed E-state index contributed by atoms with van der Waals surface area (Å²) in [5.41, 5.74) is 5.16. The second kappa shape index (κ2) is 8.98. The molecule has 7 heteroatoms. The lowest BCUT2D eigenvalue weighted by Gasteiger charge is -2.28. The van der Waals surface area contributed by atoms with Crippen LogP contribution in [-0.4, -0.2) is 32.2 Å². The van der Waals surface area contributed by atoms with Crippen LogP contribution in [0.3, 0.4) is 0 Å². The Morgan fingerprint density at radius 1 is 1.20 bits per heavy atom. The molecule has 3 aromatic rings. The average Bonchev–Trinajstić information content (AvgIpc) is 3.15. The number of ether oxygens (including phenoxy) is 1. The van der Waals surface area contributed by atoms with Crippen molar-refractivity contribution in [2.45, 2.75) is 46.4 Å². The van der Waals surface area contributed by atoms with Crippen LogP contribution in [0.15, 0.2) is 48.7 Å². The third-order valence-corrected chi connectivity index (χ3v) is 5.38. The van der Waals surface area contributed by atoms with E-state index in [2.05, 4.69) is 30.2 Å². The molecule has 3 heterocycles. The van der Waals surface area contributed by atoms with Crippen molar-refractivity contribution in [2.24, 2.45) is 0 Å². The third-order valence-electron chi connectivity index (χ3n) is 5.38. The SMILES string of the molecule is CCc1cccc(NC(=O)N2CCc3c(c(COc4ccccn4)nn3CC)C2)c1. The van der Waals surface area contributed by atoms with Crippen LogP contribution in [0, 0.1) is 0 Å². The summed E-state index contributed by atoms with van der Waals surface area (Å²) in [5.74, 6) is 0.568. The molecule has 0 saturated carbocycles. The van der Waals surface area contributed by atoms with Gasteiger partial charge in [0.15, 0.2) is 0 Å². The van der Waals surface area contributed by atoms with E-state index in [9.17, 15) is 4.79 Å². The molecular formula is C23H27N5O2. The van der Waals surface area contributed by atoms with E-state index >= 15 is 0 Å². The van der Waals surface area contributed by atoms with Gasteiger partial charge in [0.05, 0.1) is 6.54 Å². The first-order valence-electron chi connectivity index (χ1n) is 10.4. The number of nitrogens with zero attached hydrogens (tertiary/aromatic N) is 4. The Morgan fingerprint density at radius 2 is 2.10 bits per heavy atom. The molecule has 7 nitrogen and oxygen atoms in total. The monoisotopic (exact) mass is 405 g/mol. The van der Waals surface area contributed by atoms with Gasteiger partial charge in [-0.25, -0.2) is 9.78 Å². The zero-order valence-electron chi connectivity index (χ0n) is 17.5. The van der Waals surface area contributed by atoms with E-state index in [1.807, 2.05) is 46.0 Å². The summed E-state index contributed by atoms with van der Waals surface area (Å²) in [5, 5.41) is 7.77. The molecule has 4 rings (SSSR count). The third kappa shape index (κ3) is 4.30. The summed E-state index contributed by atoms with van der Waals surface area (Å²) in [6.45, 7) is 6.50. The maximum atomic E-state index is 12.9. The second-order valence-corrected chi connectivity index (χ2v) is 7.30. The van der Waals surface area contributed by atoms with E-state index in [0.29, 0.717) is 25.6 Å². The molecule has 0 unspecified atom stereocenters. The number of nitrogens with one attached hydrogen (secondary N) is 1. The average molecular weight is 406 g/mol. The van der Waals surface area contributed by atoms with Gasteiger partial charge in [0.2, 0.25) is 5.88 Å². The molecule has 0 aliphatic carbocycles. The summed E-state index contributed by atoms with van der Waals surface area (Å²) < 4.78 is 7.85. The maximum Gasteiger partial charge on any atom is 0.322 e. The molecule has 1 aromatic carbocycles. The number of amides is 2. The van der Waals surface area contributed by atoms with Gasteiger partial charge in [-0.3, -0.25) is 4.68 Å². The number of hydrogen-bond acceptors (Lipinski definition) is 4. The summed E-state index contributed by atoms with van der Waals surface area (Å²) in [6, 6.07) is 13.5. The van der Waals surface area contributed by atoms with E-state index in [-0.39, 0.29) is 6.03 Å². The van der Waals surface area contributed by atoms with E-state index in [1.54, 1.807) is 6.20 Å². The fraction of sp³-hybridized carbons (Fsp3) is 0.348. The number of fused-ring (bicyclic) bond motifs is 1. The van der Waals surface area contributed by atoms with Gasteiger partial charge in [0, 0.05) is 48.7 Å². The van der Waals surface area contributed by atoms with Gasteiger partial charge in [-0.05, 0) is 37.1 Å². The first kappa shape index (κ1) is 19.9. The van der Waals surface area contributed by atoms with Gasteiger partial charge >= 0.3 is 6.03 Å². The highest BCUT2D eigenvalue weighted by molar-refractivity contribution is 5.89. The van der Waals surface area contributed by atoms with E-state index in [4.69, 9.17) is 9.84 Å². The normalized spacial score (nSPS) is 13.1. The van der Waals surface area contributed by atoms with Gasteiger partial charge in [-0.2, -0.15) is 5.10 Å². The predicted octanol–water partition coefficient (Wildman–Crippen LogP) is 4.03. The fourth-order valence-electron chi connectivity index (χ4n) is 3.76. The highest BCUT2D eigenvalue weighted by atomic mass is 16.5. The van der Waals surface area contributed by atoms with Crippen LogP contribution in [0.2, 0.25) is 0 Å². The summed E-state index contributed by atoms with van der Waals surface area (Å²) in [6.07, 6.45) is 3.42. The van der Waals surface area contributed by atoms with Crippen LogP contribution in [-0.2, 0) is 32.5 Å². The Morgan fingerprint density at radius 3 is 2.87 bits per heavy atom. The number of hydrogen-bond donors (Lipinski definition) is 1. The largest absolute Gasteiger partial charge is 0.471 e. The molecular weight excluding hydrogens is 378 g/mol. The van der Waals surface area contributed by atoms with Crippen molar-refractivity contribution in [1.82, 2.24) is 19.7 Å². The van der Waals surface area contributed by atoms with Crippen LogP contribution >= 0.6 is 0 Å². The van der Waals surface area contributed by atoms with Gasteiger partial charge < -0.3 is 15.0 Å². The molecule has 30 heavy (non-hydrogen) atoms. The topological polar surface area (TPSA) is 72.3 Å². The van der Waals surface area contributed by atoms with Gasteiger partial charge in [-0.15, -0.1) is 0 Å². The number of carbonyl (C=O) groups excluding carboxylic acids is 1. The number of aryl methyl sites for hydroxylation is 2. The minimum Gasteiger partial charge on any atom is -0.471 e. The van der Waals surface area contributed by atoms with Crippen molar-refractivity contribution in [2.75, 3.05) is 11.9 Å². The Balaban J connectivity index is 1.48. The number of anilines is 1. The zero-order chi connectivity index (χ0) is 20.9.